The summed E-state index contributed by atoms with van der Waals surface area (Å²) in [5, 5.41) is 0.923. The zero-order valence-corrected chi connectivity index (χ0v) is 14.8. The molecule has 1 heterocycles. The minimum absolute atomic E-state index is 0.138. The molecule has 112 valence electrons. The van der Waals surface area contributed by atoms with Gasteiger partial charge in [0.1, 0.15) is 17.4 Å². The first-order chi connectivity index (χ1) is 9.79. The first-order valence-corrected chi connectivity index (χ1v) is 7.81. The second-order valence-corrected chi connectivity index (χ2v) is 6.52. The van der Waals surface area contributed by atoms with Gasteiger partial charge in [-0.05, 0) is 28.9 Å². The van der Waals surface area contributed by atoms with Crippen LogP contribution in [0, 0.1) is 6.92 Å². The molecule has 2 N–H and O–H groups in total. The largest absolute Gasteiger partial charge is 0.437 e. The molecule has 0 unspecified atom stereocenters. The zero-order chi connectivity index (χ0) is 15.7. The van der Waals surface area contributed by atoms with Gasteiger partial charge < -0.3 is 10.5 Å². The number of nitrogens with zero attached hydrogens (tertiary/aromatic N) is 2. The molecule has 0 bridgehead atoms. The number of halogens is 3. The summed E-state index contributed by atoms with van der Waals surface area (Å²) in [7, 11) is 0. The van der Waals surface area contributed by atoms with E-state index in [1.807, 2.05) is 13.8 Å². The van der Waals surface area contributed by atoms with E-state index in [0.29, 0.717) is 43.4 Å². The van der Waals surface area contributed by atoms with Crippen LogP contribution in [0.1, 0.15) is 31.2 Å². The van der Waals surface area contributed by atoms with Crippen LogP contribution < -0.4 is 10.5 Å². The van der Waals surface area contributed by atoms with Crippen LogP contribution in [0.15, 0.2) is 16.6 Å². The number of hydrogen-bond donors (Lipinski definition) is 1. The standard InChI is InChI=1S/C14H14BrCl2N3O/c1-6(2)13-19-12(18)7(3)14(20-13)21-11-5-9(16)8(15)4-10(11)17/h4-6H,1-3H3,(H2,18,19,20). The molecule has 0 aliphatic rings. The monoisotopic (exact) mass is 389 g/mol. The Labute approximate surface area is 141 Å². The smallest absolute Gasteiger partial charge is 0.227 e. The number of nitrogen functional groups attached to an aromatic ring is 1. The molecule has 1 aromatic carbocycles. The lowest BCUT2D eigenvalue weighted by Crippen LogP contribution is -2.06. The molecular weight excluding hydrogens is 377 g/mol. The maximum atomic E-state index is 6.16. The summed E-state index contributed by atoms with van der Waals surface area (Å²) in [4.78, 5) is 8.64. The van der Waals surface area contributed by atoms with Gasteiger partial charge in [0, 0.05) is 16.5 Å². The average molecular weight is 391 g/mol. The number of rotatable bonds is 3. The number of aromatic nitrogens is 2. The van der Waals surface area contributed by atoms with Gasteiger partial charge in [0.05, 0.1) is 15.6 Å². The number of anilines is 1. The minimum Gasteiger partial charge on any atom is -0.437 e. The maximum Gasteiger partial charge on any atom is 0.227 e. The van der Waals surface area contributed by atoms with Crippen LogP contribution in [0.2, 0.25) is 10.0 Å². The van der Waals surface area contributed by atoms with E-state index in [0.717, 1.165) is 0 Å². The highest BCUT2D eigenvalue weighted by molar-refractivity contribution is 9.10. The molecule has 4 nitrogen and oxygen atoms in total. The summed E-state index contributed by atoms with van der Waals surface area (Å²) in [6.07, 6.45) is 0. The first kappa shape index (κ1) is 16.3. The molecule has 0 atom stereocenters. The van der Waals surface area contributed by atoms with Crippen molar-refractivity contribution in [3.63, 3.8) is 0 Å². The van der Waals surface area contributed by atoms with Crippen LogP contribution in [0.5, 0.6) is 11.6 Å². The highest BCUT2D eigenvalue weighted by Gasteiger charge is 2.15. The third kappa shape index (κ3) is 3.59. The molecule has 2 aromatic rings. The van der Waals surface area contributed by atoms with Crippen molar-refractivity contribution < 1.29 is 4.74 Å². The number of hydrogen-bond acceptors (Lipinski definition) is 4. The molecule has 2 rings (SSSR count). The molecule has 0 saturated carbocycles. The van der Waals surface area contributed by atoms with E-state index >= 15 is 0 Å². The van der Waals surface area contributed by atoms with Crippen LogP contribution in [-0.4, -0.2) is 9.97 Å². The fourth-order valence-corrected chi connectivity index (χ4v) is 2.41. The van der Waals surface area contributed by atoms with Crippen LogP contribution >= 0.6 is 39.1 Å². The summed E-state index contributed by atoms with van der Waals surface area (Å²) in [6.45, 7) is 5.76. The zero-order valence-electron chi connectivity index (χ0n) is 11.7. The van der Waals surface area contributed by atoms with Gasteiger partial charge in [0.25, 0.3) is 0 Å². The lowest BCUT2D eigenvalue weighted by atomic mass is 10.2. The van der Waals surface area contributed by atoms with Crippen LogP contribution in [0.4, 0.5) is 5.82 Å². The molecule has 0 amide bonds. The first-order valence-electron chi connectivity index (χ1n) is 6.26. The third-order valence-electron chi connectivity index (χ3n) is 2.85. The van der Waals surface area contributed by atoms with Gasteiger partial charge in [-0.2, -0.15) is 4.98 Å². The Kier molecular flexibility index (Phi) is 4.96. The van der Waals surface area contributed by atoms with E-state index in [1.54, 1.807) is 19.1 Å². The van der Waals surface area contributed by atoms with Crippen molar-refractivity contribution in [2.45, 2.75) is 26.7 Å². The topological polar surface area (TPSA) is 61.0 Å². The quantitative estimate of drug-likeness (QED) is 0.717. The van der Waals surface area contributed by atoms with E-state index in [4.69, 9.17) is 33.7 Å². The van der Waals surface area contributed by atoms with Crippen molar-refractivity contribution >= 4 is 44.9 Å². The number of benzene rings is 1. The van der Waals surface area contributed by atoms with E-state index < -0.39 is 0 Å². The summed E-state index contributed by atoms with van der Waals surface area (Å²) in [5.74, 6) is 1.95. The SMILES string of the molecule is Cc1c(N)nc(C(C)C)nc1Oc1cc(Cl)c(Br)cc1Cl. The lowest BCUT2D eigenvalue weighted by molar-refractivity contribution is 0.453. The van der Waals surface area contributed by atoms with Gasteiger partial charge in [-0.15, -0.1) is 0 Å². The Morgan fingerprint density at radius 1 is 1.19 bits per heavy atom. The van der Waals surface area contributed by atoms with E-state index in [9.17, 15) is 0 Å². The van der Waals surface area contributed by atoms with Gasteiger partial charge in [-0.3, -0.25) is 0 Å². The molecular formula is C14H14BrCl2N3O. The Hall–Kier alpha value is -1.04. The van der Waals surface area contributed by atoms with Gasteiger partial charge >= 0.3 is 0 Å². The molecule has 0 aliphatic heterocycles. The highest BCUT2D eigenvalue weighted by atomic mass is 79.9. The maximum absolute atomic E-state index is 6.16. The molecule has 21 heavy (non-hydrogen) atoms. The van der Waals surface area contributed by atoms with Crippen molar-refractivity contribution in [3.8, 4) is 11.6 Å². The Morgan fingerprint density at radius 2 is 1.86 bits per heavy atom. The van der Waals surface area contributed by atoms with E-state index in [-0.39, 0.29) is 5.92 Å². The number of ether oxygens (including phenoxy) is 1. The molecule has 0 aliphatic carbocycles. The van der Waals surface area contributed by atoms with Gasteiger partial charge in [-0.1, -0.05) is 37.0 Å². The van der Waals surface area contributed by atoms with Gasteiger partial charge in [0.15, 0.2) is 0 Å². The lowest BCUT2D eigenvalue weighted by Gasteiger charge is -2.13. The normalized spacial score (nSPS) is 11.0. The van der Waals surface area contributed by atoms with Crippen molar-refractivity contribution in [1.29, 1.82) is 0 Å². The summed E-state index contributed by atoms with van der Waals surface area (Å²) in [6, 6.07) is 3.29. The Balaban J connectivity index is 2.46. The summed E-state index contributed by atoms with van der Waals surface area (Å²) in [5.41, 5.74) is 6.57. The average Bonchev–Trinajstić information content (AvgIpc) is 2.40. The molecule has 0 saturated heterocycles. The predicted octanol–water partition coefficient (Wildman–Crippen LogP) is 5.35. The van der Waals surface area contributed by atoms with Gasteiger partial charge in [0.2, 0.25) is 5.88 Å². The van der Waals surface area contributed by atoms with Crippen molar-refractivity contribution in [2.24, 2.45) is 0 Å². The second-order valence-electron chi connectivity index (χ2n) is 4.85. The van der Waals surface area contributed by atoms with Gasteiger partial charge in [-0.25, -0.2) is 4.98 Å². The van der Waals surface area contributed by atoms with E-state index in [1.165, 1.54) is 0 Å². The highest BCUT2D eigenvalue weighted by Crippen LogP contribution is 2.37. The number of nitrogens with two attached hydrogens (primary N) is 1. The minimum atomic E-state index is 0.138. The molecule has 0 fully saturated rings. The van der Waals surface area contributed by atoms with Crippen LogP contribution in [-0.2, 0) is 0 Å². The van der Waals surface area contributed by atoms with Crippen LogP contribution in [0.3, 0.4) is 0 Å². The van der Waals surface area contributed by atoms with Crippen molar-refractivity contribution in [1.82, 2.24) is 9.97 Å². The second kappa shape index (κ2) is 6.38. The predicted molar refractivity (Wildman–Crippen MR) is 89.5 cm³/mol. The fourth-order valence-electron chi connectivity index (χ4n) is 1.57. The molecule has 1 aromatic heterocycles. The van der Waals surface area contributed by atoms with E-state index in [2.05, 4.69) is 25.9 Å². The van der Waals surface area contributed by atoms with Crippen molar-refractivity contribution in [2.75, 3.05) is 5.73 Å². The Morgan fingerprint density at radius 3 is 2.48 bits per heavy atom. The van der Waals surface area contributed by atoms with Crippen molar-refractivity contribution in [3.05, 3.63) is 38.0 Å². The van der Waals surface area contributed by atoms with Crippen LogP contribution in [0.25, 0.3) is 0 Å². The summed E-state index contributed by atoms with van der Waals surface area (Å²) < 4.78 is 6.48. The molecule has 0 spiro atoms. The molecule has 0 radical (unpaired) electrons. The fraction of sp³-hybridized carbons (Fsp3) is 0.286. The summed E-state index contributed by atoms with van der Waals surface area (Å²) >= 11 is 15.5. The molecule has 7 heteroatoms. The third-order valence-corrected chi connectivity index (χ3v) is 4.35. The Bertz CT molecular complexity index is 692.